The second-order valence-corrected chi connectivity index (χ2v) is 10.2. The minimum absolute atomic E-state index is 0.151. The molecule has 1 aromatic heterocycles. The van der Waals surface area contributed by atoms with E-state index in [-0.39, 0.29) is 30.8 Å². The van der Waals surface area contributed by atoms with E-state index in [4.69, 9.17) is 18.9 Å². The number of piperazine rings is 1. The molecule has 1 saturated heterocycles. The Balaban J connectivity index is 1.37. The van der Waals surface area contributed by atoms with Crippen molar-refractivity contribution < 1.29 is 28.5 Å². The van der Waals surface area contributed by atoms with Crippen molar-refractivity contribution in [2.45, 2.75) is 18.9 Å². The Morgan fingerprint density at radius 3 is 2.35 bits per heavy atom. The van der Waals surface area contributed by atoms with Gasteiger partial charge in [0.05, 0.1) is 39.7 Å². The first-order valence-corrected chi connectivity index (χ1v) is 13.8. The molecule has 1 fully saturated rings. The zero-order valence-corrected chi connectivity index (χ0v) is 24.5. The molecular formula is C28H34BrN5O6. The van der Waals surface area contributed by atoms with Gasteiger partial charge in [0.15, 0.2) is 11.5 Å². The highest BCUT2D eigenvalue weighted by atomic mass is 79.9. The van der Waals surface area contributed by atoms with Crippen molar-refractivity contribution >= 4 is 50.3 Å². The maximum atomic E-state index is 11.9. The molecule has 214 valence electrons. The molecule has 0 saturated carbocycles. The molecular weight excluding hydrogens is 582 g/mol. The van der Waals surface area contributed by atoms with Crippen molar-refractivity contribution in [2.24, 2.45) is 0 Å². The van der Waals surface area contributed by atoms with Gasteiger partial charge in [-0.25, -0.2) is 9.97 Å². The highest BCUT2D eigenvalue weighted by Gasteiger charge is 2.28. The van der Waals surface area contributed by atoms with Crippen LogP contribution in [0.25, 0.3) is 10.9 Å². The third kappa shape index (κ3) is 7.80. The molecule has 0 aliphatic carbocycles. The third-order valence-corrected chi connectivity index (χ3v) is 7.35. The maximum Gasteiger partial charge on any atom is 0.307 e. The number of nitrogens with zero attached hydrogens (tertiary/aromatic N) is 4. The second-order valence-electron chi connectivity index (χ2n) is 9.32. The van der Waals surface area contributed by atoms with E-state index in [2.05, 4.69) is 41.0 Å². The normalized spacial score (nSPS) is 14.2. The summed E-state index contributed by atoms with van der Waals surface area (Å²) in [5, 5.41) is 4.17. The van der Waals surface area contributed by atoms with Crippen molar-refractivity contribution in [1.82, 2.24) is 19.8 Å². The quantitative estimate of drug-likeness (QED) is 0.301. The Morgan fingerprint density at radius 2 is 1.70 bits per heavy atom. The summed E-state index contributed by atoms with van der Waals surface area (Å²) in [6, 6.07) is 11.3. The topological polar surface area (TPSA) is 115 Å². The Hall–Kier alpha value is -3.48. The van der Waals surface area contributed by atoms with Crippen LogP contribution in [0.3, 0.4) is 0 Å². The molecule has 0 atom stereocenters. The predicted octanol–water partition coefficient (Wildman–Crippen LogP) is 3.64. The maximum absolute atomic E-state index is 11.9. The van der Waals surface area contributed by atoms with Gasteiger partial charge in [-0.15, -0.1) is 0 Å². The highest BCUT2D eigenvalue weighted by molar-refractivity contribution is 9.10. The van der Waals surface area contributed by atoms with Gasteiger partial charge >= 0.3 is 11.9 Å². The first kappa shape index (κ1) is 29.5. The van der Waals surface area contributed by atoms with Crippen LogP contribution in [-0.2, 0) is 19.1 Å². The third-order valence-electron chi connectivity index (χ3n) is 6.86. The standard InChI is InChI=1S/C28H34BrN5O6/c1-37-24-17-23-22(28(31-18-30-23)32-20-6-4-5-19(29)13-20)16-25(24)40-12-11-33-7-9-34(10-8-33)21(14-26(35)38-2)15-27(36)39-3/h4-6,13,16-18,21H,7-12,14-15H2,1-3H3,(H,30,31,32). The number of halogens is 1. The average molecular weight is 617 g/mol. The van der Waals surface area contributed by atoms with E-state index in [1.165, 1.54) is 20.5 Å². The monoisotopic (exact) mass is 615 g/mol. The van der Waals surface area contributed by atoms with Crippen molar-refractivity contribution in [3.05, 3.63) is 47.2 Å². The highest BCUT2D eigenvalue weighted by Crippen LogP contribution is 2.35. The number of esters is 2. The van der Waals surface area contributed by atoms with Gasteiger partial charge in [-0.2, -0.15) is 0 Å². The lowest BCUT2D eigenvalue weighted by atomic mass is 10.1. The van der Waals surface area contributed by atoms with Crippen LogP contribution in [0.1, 0.15) is 12.8 Å². The van der Waals surface area contributed by atoms with E-state index in [0.717, 1.165) is 47.2 Å². The summed E-state index contributed by atoms with van der Waals surface area (Å²) in [5.74, 6) is 1.19. The molecule has 1 aliphatic rings. The van der Waals surface area contributed by atoms with Gasteiger partial charge in [-0.3, -0.25) is 19.4 Å². The molecule has 0 spiro atoms. The first-order valence-electron chi connectivity index (χ1n) is 13.0. The van der Waals surface area contributed by atoms with E-state index in [9.17, 15) is 9.59 Å². The Bertz CT molecular complexity index is 1300. The lowest BCUT2D eigenvalue weighted by Gasteiger charge is -2.38. The zero-order chi connectivity index (χ0) is 28.5. The van der Waals surface area contributed by atoms with Crippen LogP contribution in [0.4, 0.5) is 11.5 Å². The minimum atomic E-state index is -0.338. The van der Waals surface area contributed by atoms with Gasteiger partial charge in [-0.05, 0) is 24.3 Å². The smallest absolute Gasteiger partial charge is 0.307 e. The first-order chi connectivity index (χ1) is 19.4. The van der Waals surface area contributed by atoms with Gasteiger partial charge in [0, 0.05) is 60.4 Å². The van der Waals surface area contributed by atoms with Crippen LogP contribution in [-0.4, -0.2) is 98.4 Å². The summed E-state index contributed by atoms with van der Waals surface area (Å²) in [5.41, 5.74) is 1.63. The van der Waals surface area contributed by atoms with Gasteiger partial charge in [0.25, 0.3) is 0 Å². The van der Waals surface area contributed by atoms with Gasteiger partial charge < -0.3 is 24.3 Å². The number of fused-ring (bicyclic) bond motifs is 1. The molecule has 0 radical (unpaired) electrons. The predicted molar refractivity (Wildman–Crippen MR) is 154 cm³/mol. The number of methoxy groups -OCH3 is 3. The Kier molecular flexibility index (Phi) is 10.5. The number of rotatable bonds is 12. The van der Waals surface area contributed by atoms with E-state index >= 15 is 0 Å². The number of nitrogens with one attached hydrogen (secondary N) is 1. The Labute approximate surface area is 241 Å². The lowest BCUT2D eigenvalue weighted by Crippen LogP contribution is -2.52. The molecule has 0 unspecified atom stereocenters. The lowest BCUT2D eigenvalue weighted by molar-refractivity contribution is -0.145. The molecule has 0 amide bonds. The number of anilines is 2. The fourth-order valence-corrected chi connectivity index (χ4v) is 5.06. The molecule has 1 aliphatic heterocycles. The summed E-state index contributed by atoms with van der Waals surface area (Å²) in [6.07, 6.45) is 1.82. The van der Waals surface area contributed by atoms with Crippen LogP contribution >= 0.6 is 15.9 Å². The van der Waals surface area contributed by atoms with Crippen LogP contribution in [0.5, 0.6) is 11.5 Å². The van der Waals surface area contributed by atoms with Crippen molar-refractivity contribution in [2.75, 3.05) is 66.0 Å². The molecule has 1 N–H and O–H groups in total. The summed E-state index contributed by atoms with van der Waals surface area (Å²) in [4.78, 5) is 37.1. The van der Waals surface area contributed by atoms with Crippen LogP contribution in [0.2, 0.25) is 0 Å². The fourth-order valence-electron chi connectivity index (χ4n) is 4.66. The van der Waals surface area contributed by atoms with Gasteiger partial charge in [0.2, 0.25) is 0 Å². The zero-order valence-electron chi connectivity index (χ0n) is 22.9. The Morgan fingerprint density at radius 1 is 0.975 bits per heavy atom. The summed E-state index contributed by atoms with van der Waals surface area (Å²) < 4.78 is 22.4. The van der Waals surface area contributed by atoms with Gasteiger partial charge in [-0.1, -0.05) is 22.0 Å². The molecule has 2 heterocycles. The molecule has 40 heavy (non-hydrogen) atoms. The minimum Gasteiger partial charge on any atom is -0.493 e. The number of carbonyl (C=O) groups excluding carboxylic acids is 2. The number of carbonyl (C=O) groups is 2. The van der Waals surface area contributed by atoms with E-state index in [1.807, 2.05) is 36.4 Å². The molecule has 4 rings (SSSR count). The van der Waals surface area contributed by atoms with Crippen LogP contribution < -0.4 is 14.8 Å². The van der Waals surface area contributed by atoms with Gasteiger partial charge in [0.1, 0.15) is 18.8 Å². The van der Waals surface area contributed by atoms with Crippen LogP contribution in [0.15, 0.2) is 47.2 Å². The number of hydrogen-bond acceptors (Lipinski definition) is 11. The van der Waals surface area contributed by atoms with E-state index in [0.29, 0.717) is 30.5 Å². The molecule has 2 aromatic carbocycles. The number of ether oxygens (including phenoxy) is 4. The number of benzene rings is 2. The molecule has 11 nitrogen and oxygen atoms in total. The van der Waals surface area contributed by atoms with E-state index < -0.39 is 0 Å². The summed E-state index contributed by atoms with van der Waals surface area (Å²) in [7, 11) is 4.31. The SMILES string of the molecule is COC(=O)CC(CC(=O)OC)N1CCN(CCOc2cc3c(Nc4cccc(Br)c4)ncnc3cc2OC)CC1. The molecule has 0 bridgehead atoms. The van der Waals surface area contributed by atoms with Crippen molar-refractivity contribution in [3.63, 3.8) is 0 Å². The molecule has 12 heteroatoms. The van der Waals surface area contributed by atoms with Crippen LogP contribution in [0, 0.1) is 0 Å². The fraction of sp³-hybridized carbons (Fsp3) is 0.429. The molecule has 3 aromatic rings. The number of aromatic nitrogens is 2. The summed E-state index contributed by atoms with van der Waals surface area (Å²) >= 11 is 3.50. The van der Waals surface area contributed by atoms with E-state index in [1.54, 1.807) is 7.11 Å². The second kappa shape index (κ2) is 14.2. The van der Waals surface area contributed by atoms with Crippen molar-refractivity contribution in [3.8, 4) is 11.5 Å². The summed E-state index contributed by atoms with van der Waals surface area (Å²) in [6.45, 7) is 4.18. The average Bonchev–Trinajstić information content (AvgIpc) is 2.97. The number of hydrogen-bond donors (Lipinski definition) is 1. The largest absolute Gasteiger partial charge is 0.493 e. The van der Waals surface area contributed by atoms with Crippen molar-refractivity contribution in [1.29, 1.82) is 0 Å².